The molecule has 0 heterocycles. The second kappa shape index (κ2) is 7.16. The van der Waals surface area contributed by atoms with Gasteiger partial charge in [-0.2, -0.15) is 0 Å². The number of aliphatic carboxylic acids is 1. The third kappa shape index (κ3) is 7.98. The molecule has 0 aromatic rings. The van der Waals surface area contributed by atoms with Gasteiger partial charge in [0.2, 0.25) is 0 Å². The summed E-state index contributed by atoms with van der Waals surface area (Å²) in [5.74, 6) is -1.07. The monoisotopic (exact) mass is 315 g/mol. The number of carboxylic acids is 1. The van der Waals surface area contributed by atoms with Crippen LogP contribution in [-0.2, 0) is 14.3 Å². The number of thiol groups is 1. The van der Waals surface area contributed by atoms with Gasteiger partial charge >= 0.3 is 107 Å². The third-order valence-corrected chi connectivity index (χ3v) is 3.43. The van der Waals surface area contributed by atoms with Crippen LogP contribution in [0.4, 0.5) is 0 Å². The van der Waals surface area contributed by atoms with E-state index in [1.165, 1.54) is 0 Å². The summed E-state index contributed by atoms with van der Waals surface area (Å²) in [6.07, 6.45) is 0. The molecule has 0 saturated heterocycles. The number of ether oxygens (including phenoxy) is 1. The Morgan fingerprint density at radius 1 is 1.50 bits per heavy atom. The van der Waals surface area contributed by atoms with E-state index >= 15 is 0 Å². The molecule has 94 valence electrons. The van der Waals surface area contributed by atoms with Gasteiger partial charge in [0.05, 0.1) is 0 Å². The summed E-state index contributed by atoms with van der Waals surface area (Å²) >= 11 is 3.62. The molecule has 0 aliphatic carbocycles. The molecular formula is C9H17NO4SSe. The summed E-state index contributed by atoms with van der Waals surface area (Å²) in [7, 11) is 0. The van der Waals surface area contributed by atoms with Crippen molar-refractivity contribution in [1.82, 2.24) is 4.33 Å². The maximum atomic E-state index is 11.3. The van der Waals surface area contributed by atoms with E-state index in [-0.39, 0.29) is 32.2 Å². The van der Waals surface area contributed by atoms with Crippen LogP contribution in [0.25, 0.3) is 0 Å². The van der Waals surface area contributed by atoms with Gasteiger partial charge in [-0.1, -0.05) is 0 Å². The molecule has 7 heteroatoms. The van der Waals surface area contributed by atoms with Crippen molar-refractivity contribution in [1.29, 1.82) is 0 Å². The van der Waals surface area contributed by atoms with E-state index in [0.29, 0.717) is 0 Å². The van der Waals surface area contributed by atoms with Crippen LogP contribution < -0.4 is 4.33 Å². The Labute approximate surface area is 107 Å². The van der Waals surface area contributed by atoms with E-state index in [1.807, 2.05) is 0 Å². The topological polar surface area (TPSA) is 75.6 Å². The van der Waals surface area contributed by atoms with Crippen LogP contribution in [0, 0.1) is 0 Å². The Balaban J connectivity index is 3.81. The molecule has 0 fully saturated rings. The molecule has 0 amide bonds. The van der Waals surface area contributed by atoms with Gasteiger partial charge < -0.3 is 0 Å². The van der Waals surface area contributed by atoms with Gasteiger partial charge in [-0.15, -0.1) is 0 Å². The summed E-state index contributed by atoms with van der Waals surface area (Å²) in [5.41, 5.74) is -0.497. The van der Waals surface area contributed by atoms with Crippen LogP contribution in [0.3, 0.4) is 0 Å². The number of hydrogen-bond acceptors (Lipinski definition) is 5. The quantitative estimate of drug-likeness (QED) is 0.374. The molecule has 0 spiro atoms. The third-order valence-electron chi connectivity index (χ3n) is 1.32. The molecule has 0 rings (SSSR count). The molecule has 0 aromatic heterocycles. The fourth-order valence-corrected chi connectivity index (χ4v) is 2.62. The van der Waals surface area contributed by atoms with Gasteiger partial charge in [-0.05, 0) is 0 Å². The molecule has 0 bridgehead atoms. The SMILES string of the molecule is CC(C)(C)OC(=O)C[Se]N[C@@H](CS)C(=O)O. The fourth-order valence-electron chi connectivity index (χ4n) is 0.738. The van der Waals surface area contributed by atoms with Gasteiger partial charge in [-0.25, -0.2) is 0 Å². The Hall–Kier alpha value is -0.231. The van der Waals surface area contributed by atoms with Gasteiger partial charge in [0, 0.05) is 0 Å². The standard InChI is InChI=1S/C9H17NO4SSe/c1-9(2,3)14-7(11)5-16-10-6(4-15)8(12)13/h6,10,15H,4-5H2,1-3H3,(H,12,13)/t6-/m0/s1. The zero-order chi connectivity index (χ0) is 12.8. The predicted molar refractivity (Wildman–Crippen MR) is 64.8 cm³/mol. The number of carbonyl (C=O) groups is 2. The fraction of sp³-hybridized carbons (Fsp3) is 0.778. The van der Waals surface area contributed by atoms with Crippen molar-refractivity contribution < 1.29 is 19.4 Å². The van der Waals surface area contributed by atoms with Gasteiger partial charge in [-0.3, -0.25) is 0 Å². The van der Waals surface area contributed by atoms with E-state index in [0.717, 1.165) is 0 Å². The van der Waals surface area contributed by atoms with Gasteiger partial charge in [0.15, 0.2) is 0 Å². The van der Waals surface area contributed by atoms with E-state index in [4.69, 9.17) is 9.84 Å². The Morgan fingerprint density at radius 3 is 2.44 bits per heavy atom. The van der Waals surface area contributed by atoms with Crippen molar-refractivity contribution in [2.24, 2.45) is 0 Å². The first-order valence-corrected chi connectivity index (χ1v) is 7.39. The summed E-state index contributed by atoms with van der Waals surface area (Å²) in [5, 5.41) is 8.92. The molecule has 5 nitrogen and oxygen atoms in total. The van der Waals surface area contributed by atoms with E-state index < -0.39 is 17.6 Å². The van der Waals surface area contributed by atoms with Crippen LogP contribution >= 0.6 is 12.6 Å². The van der Waals surface area contributed by atoms with Gasteiger partial charge in [0.1, 0.15) is 0 Å². The normalized spacial score (nSPS) is 13.2. The number of carboxylic acid groups (broad SMARTS) is 1. The molecule has 0 aliphatic heterocycles. The second-order valence-electron chi connectivity index (χ2n) is 4.07. The number of carbonyl (C=O) groups excluding carboxylic acids is 1. The molecule has 16 heavy (non-hydrogen) atoms. The van der Waals surface area contributed by atoms with Crippen LogP contribution in [-0.4, -0.2) is 49.6 Å². The zero-order valence-electron chi connectivity index (χ0n) is 9.52. The first-order valence-electron chi connectivity index (χ1n) is 4.69. The minimum atomic E-state index is -0.957. The zero-order valence-corrected chi connectivity index (χ0v) is 12.1. The summed E-state index contributed by atoms with van der Waals surface area (Å²) in [4.78, 5) is 21.9. The molecular weight excluding hydrogens is 297 g/mol. The van der Waals surface area contributed by atoms with Crippen molar-refractivity contribution >= 4 is 39.7 Å². The summed E-state index contributed by atoms with van der Waals surface area (Å²) in [6, 6.07) is -0.703. The first kappa shape index (κ1) is 15.8. The molecule has 0 unspecified atom stereocenters. The van der Waals surface area contributed by atoms with Crippen molar-refractivity contribution in [3.8, 4) is 0 Å². The van der Waals surface area contributed by atoms with Crippen molar-refractivity contribution in [2.75, 3.05) is 5.75 Å². The van der Waals surface area contributed by atoms with Gasteiger partial charge in [0.25, 0.3) is 0 Å². The van der Waals surface area contributed by atoms with Crippen LogP contribution in [0.15, 0.2) is 0 Å². The number of esters is 1. The summed E-state index contributed by atoms with van der Waals surface area (Å²) in [6.45, 7) is 5.37. The first-order chi connectivity index (χ1) is 7.26. The number of rotatable bonds is 6. The van der Waals surface area contributed by atoms with Crippen molar-refractivity contribution in [3.05, 3.63) is 0 Å². The van der Waals surface area contributed by atoms with Crippen LogP contribution in [0.5, 0.6) is 0 Å². The molecule has 0 aliphatic rings. The Bertz CT molecular complexity index is 254. The second-order valence-corrected chi connectivity index (χ2v) is 6.14. The average molecular weight is 314 g/mol. The van der Waals surface area contributed by atoms with Crippen LogP contribution in [0.2, 0.25) is 5.32 Å². The minimum absolute atomic E-state index is 0.200. The number of hydrogen-bond donors (Lipinski definition) is 3. The molecule has 1 atom stereocenters. The average Bonchev–Trinajstić information content (AvgIpc) is 2.08. The molecule has 0 saturated carbocycles. The summed E-state index contributed by atoms with van der Waals surface area (Å²) < 4.78 is 7.86. The number of nitrogens with one attached hydrogen (secondary N) is 1. The van der Waals surface area contributed by atoms with Crippen molar-refractivity contribution in [2.45, 2.75) is 37.7 Å². The van der Waals surface area contributed by atoms with E-state index in [9.17, 15) is 9.59 Å². The maximum absolute atomic E-state index is 11.3. The molecule has 2 N–H and O–H groups in total. The predicted octanol–water partition coefficient (Wildman–Crippen LogP) is 0.338. The molecule has 0 radical (unpaired) electrons. The van der Waals surface area contributed by atoms with E-state index in [1.54, 1.807) is 20.8 Å². The van der Waals surface area contributed by atoms with E-state index in [2.05, 4.69) is 17.0 Å². The van der Waals surface area contributed by atoms with Crippen LogP contribution in [0.1, 0.15) is 20.8 Å². The Morgan fingerprint density at radius 2 is 2.06 bits per heavy atom. The van der Waals surface area contributed by atoms with Crippen molar-refractivity contribution in [3.63, 3.8) is 0 Å². The molecule has 0 aromatic carbocycles. The Kier molecular flexibility index (Phi) is 7.06.